The van der Waals surface area contributed by atoms with Crippen molar-refractivity contribution in [1.82, 2.24) is 9.97 Å². The van der Waals surface area contributed by atoms with Crippen molar-refractivity contribution in [1.29, 1.82) is 0 Å². The second kappa shape index (κ2) is 5.17. The number of aryl methyl sites for hydroxylation is 1. The fourth-order valence-corrected chi connectivity index (χ4v) is 3.56. The number of hydrogen-bond donors (Lipinski definition) is 1. The van der Waals surface area contributed by atoms with Gasteiger partial charge in [-0.05, 0) is 38.5 Å². The Bertz CT molecular complexity index is 426. The highest BCUT2D eigenvalue weighted by molar-refractivity contribution is 5.08. The van der Waals surface area contributed by atoms with Crippen molar-refractivity contribution in [3.63, 3.8) is 0 Å². The first-order valence-electron chi connectivity index (χ1n) is 7.37. The molecule has 0 amide bonds. The van der Waals surface area contributed by atoms with Gasteiger partial charge in [-0.1, -0.05) is 12.8 Å². The van der Waals surface area contributed by atoms with Crippen molar-refractivity contribution >= 4 is 0 Å². The lowest BCUT2D eigenvalue weighted by molar-refractivity contribution is -0.0965. The third-order valence-corrected chi connectivity index (χ3v) is 4.70. The zero-order chi connectivity index (χ0) is 13.3. The highest BCUT2D eigenvalue weighted by atomic mass is 16.5. The zero-order valence-electron chi connectivity index (χ0n) is 11.6. The predicted octanol–water partition coefficient (Wildman–Crippen LogP) is 2.52. The first kappa shape index (κ1) is 13.0. The Kier molecular flexibility index (Phi) is 3.54. The first-order chi connectivity index (χ1) is 9.19. The minimum atomic E-state index is -0.00512. The molecule has 2 atom stereocenters. The molecule has 1 spiro atoms. The molecule has 0 bridgehead atoms. The monoisotopic (exact) mass is 261 g/mol. The molecule has 4 nitrogen and oxygen atoms in total. The lowest BCUT2D eigenvalue weighted by atomic mass is 9.80. The van der Waals surface area contributed by atoms with Crippen molar-refractivity contribution in [2.24, 2.45) is 11.7 Å². The second-order valence-electron chi connectivity index (χ2n) is 6.10. The molecule has 0 aromatic carbocycles. The van der Waals surface area contributed by atoms with Crippen molar-refractivity contribution in [2.75, 3.05) is 6.61 Å². The van der Waals surface area contributed by atoms with Crippen LogP contribution in [0.2, 0.25) is 0 Å². The van der Waals surface area contributed by atoms with Crippen LogP contribution in [-0.4, -0.2) is 22.2 Å². The van der Waals surface area contributed by atoms with E-state index in [1.165, 1.54) is 25.7 Å². The van der Waals surface area contributed by atoms with E-state index in [0.29, 0.717) is 5.92 Å². The van der Waals surface area contributed by atoms with Crippen LogP contribution >= 0.6 is 0 Å². The lowest BCUT2D eigenvalue weighted by Gasteiger charge is -2.40. The smallest absolute Gasteiger partial charge is 0.0756 e. The van der Waals surface area contributed by atoms with Crippen LogP contribution in [0.4, 0.5) is 0 Å². The summed E-state index contributed by atoms with van der Waals surface area (Å²) < 4.78 is 6.07. The van der Waals surface area contributed by atoms with Gasteiger partial charge in [0, 0.05) is 12.8 Å². The number of nitrogens with two attached hydrogens (primary N) is 1. The molecule has 2 fully saturated rings. The minimum Gasteiger partial charge on any atom is -0.375 e. The quantitative estimate of drug-likeness (QED) is 0.888. The molecule has 3 rings (SSSR count). The molecule has 2 aliphatic rings. The molecule has 2 heterocycles. The largest absolute Gasteiger partial charge is 0.375 e. The summed E-state index contributed by atoms with van der Waals surface area (Å²) in [6.45, 7) is 2.79. The standard InChI is InChI=1S/C15H23N3O/c1-11-9-18-13(10-17-11)14(16)12-4-7-19-15(8-12)5-2-3-6-15/h9-10,12,14H,2-8,16H2,1H3. The van der Waals surface area contributed by atoms with Crippen LogP contribution in [0.25, 0.3) is 0 Å². The van der Waals surface area contributed by atoms with Crippen molar-refractivity contribution < 1.29 is 4.74 Å². The average molecular weight is 261 g/mol. The summed E-state index contributed by atoms with van der Waals surface area (Å²) in [5, 5.41) is 0. The van der Waals surface area contributed by atoms with E-state index in [9.17, 15) is 0 Å². The maximum absolute atomic E-state index is 6.41. The van der Waals surface area contributed by atoms with Gasteiger partial charge in [0.25, 0.3) is 0 Å². The Hall–Kier alpha value is -1.00. The van der Waals surface area contributed by atoms with Gasteiger partial charge in [-0.2, -0.15) is 0 Å². The Balaban J connectivity index is 1.72. The zero-order valence-corrected chi connectivity index (χ0v) is 11.6. The van der Waals surface area contributed by atoms with Crippen molar-refractivity contribution in [3.8, 4) is 0 Å². The normalized spacial score (nSPS) is 27.6. The molecule has 2 N–H and O–H groups in total. The molecule has 0 radical (unpaired) electrons. The maximum Gasteiger partial charge on any atom is 0.0756 e. The summed E-state index contributed by atoms with van der Waals surface area (Å²) in [6, 6.07) is -0.00512. The van der Waals surface area contributed by atoms with Crippen LogP contribution in [-0.2, 0) is 4.74 Å². The van der Waals surface area contributed by atoms with Gasteiger partial charge in [0.05, 0.1) is 29.2 Å². The Morgan fingerprint density at radius 3 is 2.79 bits per heavy atom. The van der Waals surface area contributed by atoms with E-state index >= 15 is 0 Å². The number of rotatable bonds is 2. The Morgan fingerprint density at radius 1 is 1.32 bits per heavy atom. The fourth-order valence-electron chi connectivity index (χ4n) is 3.56. The number of nitrogens with zero attached hydrogens (tertiary/aromatic N) is 2. The van der Waals surface area contributed by atoms with Crippen LogP contribution in [0.1, 0.15) is 56.0 Å². The van der Waals surface area contributed by atoms with Gasteiger partial charge in [0.1, 0.15) is 0 Å². The molecule has 1 saturated heterocycles. The molecule has 1 aliphatic carbocycles. The molecule has 4 heteroatoms. The predicted molar refractivity (Wildman–Crippen MR) is 73.6 cm³/mol. The summed E-state index contributed by atoms with van der Waals surface area (Å²) in [5.74, 6) is 0.476. The Morgan fingerprint density at radius 2 is 2.11 bits per heavy atom. The number of hydrogen-bond acceptors (Lipinski definition) is 4. The fraction of sp³-hybridized carbons (Fsp3) is 0.733. The van der Waals surface area contributed by atoms with Crippen molar-refractivity contribution in [3.05, 3.63) is 23.8 Å². The molecule has 1 aromatic rings. The molecule has 2 unspecified atom stereocenters. The van der Waals surface area contributed by atoms with E-state index < -0.39 is 0 Å². The molecule has 104 valence electrons. The molecule has 1 aliphatic heterocycles. The second-order valence-corrected chi connectivity index (χ2v) is 6.10. The molecule has 1 aromatic heterocycles. The highest BCUT2D eigenvalue weighted by Gasteiger charge is 2.41. The van der Waals surface area contributed by atoms with Gasteiger partial charge in [0.15, 0.2) is 0 Å². The van der Waals surface area contributed by atoms with Gasteiger partial charge < -0.3 is 10.5 Å². The third kappa shape index (κ3) is 2.65. The van der Waals surface area contributed by atoms with Gasteiger partial charge in [-0.25, -0.2) is 0 Å². The van der Waals surface area contributed by atoms with Crippen LogP contribution in [0.15, 0.2) is 12.4 Å². The highest BCUT2D eigenvalue weighted by Crippen LogP contribution is 2.44. The summed E-state index contributed by atoms with van der Waals surface area (Å²) in [4.78, 5) is 8.75. The van der Waals surface area contributed by atoms with Crippen LogP contribution < -0.4 is 5.73 Å². The van der Waals surface area contributed by atoms with E-state index in [2.05, 4.69) is 9.97 Å². The van der Waals surface area contributed by atoms with E-state index in [0.717, 1.165) is 30.8 Å². The van der Waals surface area contributed by atoms with Gasteiger partial charge in [-0.15, -0.1) is 0 Å². The topological polar surface area (TPSA) is 61.0 Å². The molecule has 19 heavy (non-hydrogen) atoms. The SMILES string of the molecule is Cc1cnc(C(N)C2CCOC3(CCCC3)C2)cn1. The minimum absolute atomic E-state index is 0.00512. The van der Waals surface area contributed by atoms with Crippen LogP contribution in [0.3, 0.4) is 0 Å². The molecular weight excluding hydrogens is 238 g/mol. The van der Waals surface area contributed by atoms with E-state index in [1.54, 1.807) is 6.20 Å². The summed E-state index contributed by atoms with van der Waals surface area (Å²) in [7, 11) is 0. The van der Waals surface area contributed by atoms with Crippen LogP contribution in [0.5, 0.6) is 0 Å². The van der Waals surface area contributed by atoms with E-state index in [1.807, 2.05) is 13.1 Å². The van der Waals surface area contributed by atoms with Gasteiger partial charge in [-0.3, -0.25) is 9.97 Å². The third-order valence-electron chi connectivity index (χ3n) is 4.70. The van der Waals surface area contributed by atoms with E-state index in [4.69, 9.17) is 10.5 Å². The first-order valence-corrected chi connectivity index (χ1v) is 7.37. The van der Waals surface area contributed by atoms with Gasteiger partial charge >= 0.3 is 0 Å². The average Bonchev–Trinajstić information content (AvgIpc) is 2.87. The lowest BCUT2D eigenvalue weighted by Crippen LogP contribution is -2.40. The molecule has 1 saturated carbocycles. The van der Waals surface area contributed by atoms with Crippen molar-refractivity contribution in [2.45, 2.75) is 57.1 Å². The number of aromatic nitrogens is 2. The van der Waals surface area contributed by atoms with Gasteiger partial charge in [0.2, 0.25) is 0 Å². The van der Waals surface area contributed by atoms with Crippen LogP contribution in [0, 0.1) is 12.8 Å². The summed E-state index contributed by atoms with van der Waals surface area (Å²) in [5.41, 5.74) is 8.40. The summed E-state index contributed by atoms with van der Waals surface area (Å²) in [6.07, 6.45) is 10.8. The molecular formula is C15H23N3O. The Labute approximate surface area is 114 Å². The number of ether oxygens (including phenoxy) is 1. The van der Waals surface area contributed by atoms with E-state index in [-0.39, 0.29) is 11.6 Å². The maximum atomic E-state index is 6.41. The summed E-state index contributed by atoms with van der Waals surface area (Å²) >= 11 is 0.